The number of hydrogen-bond donors (Lipinski definition) is 1. The molecule has 1 fully saturated rings. The van der Waals surface area contributed by atoms with Crippen molar-refractivity contribution < 1.29 is 9.52 Å². The summed E-state index contributed by atoms with van der Waals surface area (Å²) in [5.41, 5.74) is 2.11. The molecule has 21 heavy (non-hydrogen) atoms. The second-order valence-electron chi connectivity index (χ2n) is 5.55. The Hall–Kier alpha value is -1.50. The van der Waals surface area contributed by atoms with Gasteiger partial charge in [-0.3, -0.25) is 4.90 Å². The first-order valence-electron chi connectivity index (χ1n) is 7.17. The Morgan fingerprint density at radius 3 is 2.86 bits per heavy atom. The smallest absolute Gasteiger partial charge is 0.288 e. The van der Waals surface area contributed by atoms with E-state index in [2.05, 4.69) is 10.00 Å². The number of likely N-dealkylation sites (tertiary alicyclic amines) is 1. The van der Waals surface area contributed by atoms with Crippen LogP contribution in [0.4, 0.5) is 0 Å². The number of β-amino-alcohol motifs (C(OH)–C–C–N with tert-alkyl or cyclic N) is 1. The molecule has 0 amide bonds. The number of nitrogens with zero attached hydrogens (tertiary/aromatic N) is 3. The van der Waals surface area contributed by atoms with Gasteiger partial charge in [0.2, 0.25) is 5.89 Å². The first-order chi connectivity index (χ1) is 10.1. The minimum atomic E-state index is -0.253. The Labute approximate surface area is 128 Å². The van der Waals surface area contributed by atoms with Crippen LogP contribution in [0.15, 0.2) is 28.7 Å². The Morgan fingerprint density at radius 2 is 2.14 bits per heavy atom. The summed E-state index contributed by atoms with van der Waals surface area (Å²) in [5, 5.41) is 14.2. The maximum absolute atomic E-state index is 9.72. The third-order valence-electron chi connectivity index (χ3n) is 3.72. The molecule has 6 heteroatoms. The number of aliphatic hydroxyl groups is 1. The van der Waals surface area contributed by atoms with E-state index in [1.54, 1.807) is 4.68 Å². The van der Waals surface area contributed by atoms with Crippen LogP contribution >= 0.6 is 12.2 Å². The summed E-state index contributed by atoms with van der Waals surface area (Å²) in [7, 11) is 0. The second kappa shape index (κ2) is 6.09. The lowest BCUT2D eigenvalue weighted by atomic mass is 10.1. The van der Waals surface area contributed by atoms with Crippen LogP contribution in [0.25, 0.3) is 11.5 Å². The summed E-state index contributed by atoms with van der Waals surface area (Å²) in [4.78, 5) is 2.51. The van der Waals surface area contributed by atoms with E-state index in [1.807, 2.05) is 31.2 Å². The van der Waals surface area contributed by atoms with Crippen LogP contribution in [0.3, 0.4) is 0 Å². The van der Waals surface area contributed by atoms with Gasteiger partial charge in [-0.25, -0.2) is 4.68 Å². The molecule has 1 aromatic carbocycles. The summed E-state index contributed by atoms with van der Waals surface area (Å²) >= 11 is 5.24. The van der Waals surface area contributed by atoms with Gasteiger partial charge in [0, 0.05) is 18.7 Å². The van der Waals surface area contributed by atoms with Crippen molar-refractivity contribution >= 4 is 12.2 Å². The summed E-state index contributed by atoms with van der Waals surface area (Å²) in [5.74, 6) is 0.539. The van der Waals surface area contributed by atoms with E-state index in [0.717, 1.165) is 24.9 Å². The van der Waals surface area contributed by atoms with Gasteiger partial charge < -0.3 is 9.52 Å². The summed E-state index contributed by atoms with van der Waals surface area (Å²) < 4.78 is 7.27. The van der Waals surface area contributed by atoms with E-state index in [1.165, 1.54) is 5.56 Å². The molecule has 1 saturated heterocycles. The number of piperidine rings is 1. The van der Waals surface area contributed by atoms with Gasteiger partial charge in [-0.1, -0.05) is 17.7 Å². The topological polar surface area (TPSA) is 54.4 Å². The molecule has 0 radical (unpaired) electrons. The van der Waals surface area contributed by atoms with Crippen molar-refractivity contribution in [3.8, 4) is 11.5 Å². The molecular weight excluding hydrogens is 286 g/mol. The molecule has 0 aliphatic carbocycles. The number of rotatable bonds is 3. The van der Waals surface area contributed by atoms with E-state index in [0.29, 0.717) is 23.9 Å². The lowest BCUT2D eigenvalue weighted by Gasteiger charge is -2.29. The van der Waals surface area contributed by atoms with Gasteiger partial charge in [0.15, 0.2) is 0 Å². The molecular formula is C15H19N3O2S. The zero-order valence-electron chi connectivity index (χ0n) is 12.0. The molecule has 1 aliphatic heterocycles. The van der Waals surface area contributed by atoms with Gasteiger partial charge in [0.1, 0.15) is 0 Å². The van der Waals surface area contributed by atoms with Gasteiger partial charge in [-0.15, -0.1) is 5.10 Å². The monoisotopic (exact) mass is 305 g/mol. The van der Waals surface area contributed by atoms with E-state index in [-0.39, 0.29) is 6.10 Å². The van der Waals surface area contributed by atoms with Crippen LogP contribution in [-0.4, -0.2) is 39.0 Å². The lowest BCUT2D eigenvalue weighted by molar-refractivity contribution is 0.0509. The van der Waals surface area contributed by atoms with E-state index >= 15 is 0 Å². The Morgan fingerprint density at radius 1 is 1.38 bits per heavy atom. The van der Waals surface area contributed by atoms with Gasteiger partial charge in [0.05, 0.1) is 12.8 Å². The minimum absolute atomic E-state index is 0.253. The number of aryl methyl sites for hydroxylation is 1. The molecule has 1 N–H and O–H groups in total. The van der Waals surface area contributed by atoms with Crippen molar-refractivity contribution in [2.24, 2.45) is 0 Å². The van der Waals surface area contributed by atoms with Crippen molar-refractivity contribution in [3.05, 3.63) is 34.7 Å². The largest absolute Gasteiger partial charge is 0.409 e. The molecule has 1 atom stereocenters. The van der Waals surface area contributed by atoms with Crippen LogP contribution in [0.2, 0.25) is 0 Å². The molecule has 1 aromatic heterocycles. The fraction of sp³-hybridized carbons (Fsp3) is 0.467. The zero-order chi connectivity index (χ0) is 14.8. The van der Waals surface area contributed by atoms with Gasteiger partial charge in [-0.2, -0.15) is 0 Å². The fourth-order valence-corrected chi connectivity index (χ4v) is 2.73. The first kappa shape index (κ1) is 14.4. The molecule has 0 spiro atoms. The quantitative estimate of drug-likeness (QED) is 0.883. The average Bonchev–Trinajstić information content (AvgIpc) is 2.81. The average molecular weight is 305 g/mol. The highest BCUT2D eigenvalue weighted by atomic mass is 32.1. The maximum atomic E-state index is 9.72. The third kappa shape index (κ3) is 3.40. The van der Waals surface area contributed by atoms with Crippen LogP contribution in [0.1, 0.15) is 18.4 Å². The van der Waals surface area contributed by atoms with E-state index < -0.39 is 0 Å². The summed E-state index contributed by atoms with van der Waals surface area (Å²) in [6.45, 7) is 4.21. The molecule has 0 saturated carbocycles. The standard InChI is InChI=1S/C15H19N3O2S/c1-11-4-6-12(7-5-11)14-16-18(15(21)20-14)10-17-8-2-3-13(19)9-17/h4-7,13,19H,2-3,8-10H2,1H3/t13-/m1/s1. The van der Waals surface area contributed by atoms with E-state index in [4.69, 9.17) is 16.6 Å². The molecule has 5 nitrogen and oxygen atoms in total. The molecule has 3 rings (SSSR count). The number of hydrogen-bond acceptors (Lipinski definition) is 5. The van der Waals surface area contributed by atoms with Crippen molar-refractivity contribution in [2.45, 2.75) is 32.5 Å². The van der Waals surface area contributed by atoms with Crippen molar-refractivity contribution in [3.63, 3.8) is 0 Å². The van der Waals surface area contributed by atoms with Gasteiger partial charge >= 0.3 is 0 Å². The Bertz CT molecular complexity index is 662. The number of aliphatic hydroxyl groups excluding tert-OH is 1. The SMILES string of the molecule is Cc1ccc(-c2nn(CN3CCC[C@@H](O)C3)c(=S)o2)cc1. The van der Waals surface area contributed by atoms with Crippen LogP contribution in [0.5, 0.6) is 0 Å². The second-order valence-corrected chi connectivity index (χ2v) is 5.90. The van der Waals surface area contributed by atoms with E-state index in [9.17, 15) is 5.11 Å². The number of aromatic nitrogens is 2. The van der Waals surface area contributed by atoms with Crippen LogP contribution < -0.4 is 0 Å². The van der Waals surface area contributed by atoms with Crippen LogP contribution in [0, 0.1) is 11.8 Å². The van der Waals surface area contributed by atoms with Crippen LogP contribution in [-0.2, 0) is 6.67 Å². The zero-order valence-corrected chi connectivity index (χ0v) is 12.8. The predicted octanol–water partition coefficient (Wildman–Crippen LogP) is 2.60. The highest BCUT2D eigenvalue weighted by Gasteiger charge is 2.19. The predicted molar refractivity (Wildman–Crippen MR) is 82.3 cm³/mol. The van der Waals surface area contributed by atoms with Crippen molar-refractivity contribution in [2.75, 3.05) is 13.1 Å². The minimum Gasteiger partial charge on any atom is -0.409 e. The maximum Gasteiger partial charge on any atom is 0.288 e. The summed E-state index contributed by atoms with van der Waals surface area (Å²) in [6, 6.07) is 8.00. The van der Waals surface area contributed by atoms with Gasteiger partial charge in [0.25, 0.3) is 4.84 Å². The highest BCUT2D eigenvalue weighted by molar-refractivity contribution is 7.71. The molecule has 112 valence electrons. The molecule has 2 heterocycles. The number of benzene rings is 1. The first-order valence-corrected chi connectivity index (χ1v) is 7.58. The summed E-state index contributed by atoms with van der Waals surface area (Å²) in [6.07, 6.45) is 1.61. The van der Waals surface area contributed by atoms with Crippen molar-refractivity contribution in [1.29, 1.82) is 0 Å². The fourth-order valence-electron chi connectivity index (χ4n) is 2.56. The molecule has 2 aromatic rings. The Kier molecular flexibility index (Phi) is 4.19. The third-order valence-corrected chi connectivity index (χ3v) is 4.01. The molecule has 0 unspecified atom stereocenters. The normalized spacial score (nSPS) is 19.8. The molecule has 0 bridgehead atoms. The van der Waals surface area contributed by atoms with Crippen molar-refractivity contribution in [1.82, 2.24) is 14.7 Å². The highest BCUT2D eigenvalue weighted by Crippen LogP contribution is 2.19. The molecule has 1 aliphatic rings. The Balaban J connectivity index is 1.78. The van der Waals surface area contributed by atoms with Gasteiger partial charge in [-0.05, 0) is 44.1 Å². The lowest BCUT2D eigenvalue weighted by Crippen LogP contribution is -2.39.